The van der Waals surface area contributed by atoms with Crippen molar-refractivity contribution in [1.82, 2.24) is 4.90 Å². The number of aliphatic carboxylic acids is 1. The van der Waals surface area contributed by atoms with Crippen molar-refractivity contribution < 1.29 is 9.90 Å². The highest BCUT2D eigenvalue weighted by molar-refractivity contribution is 5.70. The van der Waals surface area contributed by atoms with Gasteiger partial charge in [0.15, 0.2) is 0 Å². The Morgan fingerprint density at radius 2 is 1.87 bits per heavy atom. The first-order chi connectivity index (χ1) is 7.00. The molecule has 1 fully saturated rings. The van der Waals surface area contributed by atoms with E-state index in [0.29, 0.717) is 12.0 Å². The minimum atomic E-state index is -0.611. The zero-order valence-corrected chi connectivity index (χ0v) is 10.1. The van der Waals surface area contributed by atoms with Crippen molar-refractivity contribution >= 4 is 5.97 Å². The summed E-state index contributed by atoms with van der Waals surface area (Å²) in [5.41, 5.74) is 0. The van der Waals surface area contributed by atoms with Crippen LogP contribution in [-0.2, 0) is 4.79 Å². The number of rotatable bonds is 4. The highest BCUT2D eigenvalue weighted by Gasteiger charge is 2.27. The van der Waals surface area contributed by atoms with Crippen LogP contribution in [0.4, 0.5) is 0 Å². The molecule has 15 heavy (non-hydrogen) atoms. The van der Waals surface area contributed by atoms with E-state index in [1.54, 1.807) is 0 Å². The summed E-state index contributed by atoms with van der Waals surface area (Å²) in [5.74, 6) is -0.0131. The van der Waals surface area contributed by atoms with Crippen LogP contribution in [-0.4, -0.2) is 35.6 Å². The van der Waals surface area contributed by atoms with Crippen LogP contribution in [0.5, 0.6) is 0 Å². The van der Waals surface area contributed by atoms with Gasteiger partial charge in [-0.25, -0.2) is 0 Å². The SMILES string of the molecule is CC(C)CN(C)C1CCC(C(=O)O)CC1. The van der Waals surface area contributed by atoms with Crippen molar-refractivity contribution in [2.24, 2.45) is 11.8 Å². The van der Waals surface area contributed by atoms with Crippen LogP contribution in [0.15, 0.2) is 0 Å². The molecule has 0 heterocycles. The maximum Gasteiger partial charge on any atom is 0.306 e. The third kappa shape index (κ3) is 3.82. The second-order valence-corrected chi connectivity index (χ2v) is 5.18. The van der Waals surface area contributed by atoms with Gasteiger partial charge in [0.25, 0.3) is 0 Å². The number of carbonyl (C=O) groups is 1. The van der Waals surface area contributed by atoms with Crippen LogP contribution >= 0.6 is 0 Å². The Labute approximate surface area is 92.5 Å². The summed E-state index contributed by atoms with van der Waals surface area (Å²) < 4.78 is 0. The fourth-order valence-corrected chi connectivity index (χ4v) is 2.49. The summed E-state index contributed by atoms with van der Waals surface area (Å²) in [6, 6.07) is 0.600. The summed E-state index contributed by atoms with van der Waals surface area (Å²) in [5, 5.41) is 8.89. The molecule has 0 amide bonds. The van der Waals surface area contributed by atoms with Gasteiger partial charge in [-0.15, -0.1) is 0 Å². The molecule has 1 saturated carbocycles. The lowest BCUT2D eigenvalue weighted by molar-refractivity contribution is -0.143. The molecule has 3 nitrogen and oxygen atoms in total. The summed E-state index contributed by atoms with van der Waals surface area (Å²) in [4.78, 5) is 13.2. The Balaban J connectivity index is 2.33. The third-order valence-corrected chi connectivity index (χ3v) is 3.32. The Morgan fingerprint density at radius 3 is 2.27 bits per heavy atom. The van der Waals surface area contributed by atoms with E-state index in [9.17, 15) is 4.79 Å². The number of hydrogen-bond acceptors (Lipinski definition) is 2. The first-order valence-corrected chi connectivity index (χ1v) is 5.93. The van der Waals surface area contributed by atoms with Crippen molar-refractivity contribution in [3.63, 3.8) is 0 Å². The lowest BCUT2D eigenvalue weighted by atomic mass is 9.85. The minimum Gasteiger partial charge on any atom is -0.481 e. The lowest BCUT2D eigenvalue weighted by Gasteiger charge is -2.34. The van der Waals surface area contributed by atoms with E-state index in [1.807, 2.05) is 0 Å². The standard InChI is InChI=1S/C12H23NO2/c1-9(2)8-13(3)11-6-4-10(5-7-11)12(14)15/h9-11H,4-8H2,1-3H3,(H,14,15). The average molecular weight is 213 g/mol. The molecule has 1 aliphatic carbocycles. The second kappa shape index (κ2) is 5.50. The molecule has 0 aromatic carbocycles. The Hall–Kier alpha value is -0.570. The van der Waals surface area contributed by atoms with E-state index in [4.69, 9.17) is 5.11 Å². The lowest BCUT2D eigenvalue weighted by Crippen LogP contribution is -2.38. The summed E-state index contributed by atoms with van der Waals surface area (Å²) in [6.45, 7) is 5.56. The van der Waals surface area contributed by atoms with Gasteiger partial charge in [0.2, 0.25) is 0 Å². The van der Waals surface area contributed by atoms with Gasteiger partial charge in [-0.1, -0.05) is 13.8 Å². The van der Waals surface area contributed by atoms with E-state index < -0.39 is 5.97 Å². The fourth-order valence-electron chi connectivity index (χ4n) is 2.49. The molecule has 0 atom stereocenters. The van der Waals surface area contributed by atoms with Crippen molar-refractivity contribution in [3.05, 3.63) is 0 Å². The Morgan fingerprint density at radius 1 is 1.33 bits per heavy atom. The van der Waals surface area contributed by atoms with Gasteiger partial charge in [-0.2, -0.15) is 0 Å². The molecule has 0 unspecified atom stereocenters. The van der Waals surface area contributed by atoms with E-state index >= 15 is 0 Å². The van der Waals surface area contributed by atoms with Crippen molar-refractivity contribution in [1.29, 1.82) is 0 Å². The predicted molar refractivity (Wildman–Crippen MR) is 60.8 cm³/mol. The number of carboxylic acid groups (broad SMARTS) is 1. The molecule has 0 bridgehead atoms. The molecule has 3 heteroatoms. The highest BCUT2D eigenvalue weighted by atomic mass is 16.4. The first kappa shape index (κ1) is 12.5. The number of nitrogens with zero attached hydrogens (tertiary/aromatic N) is 1. The highest BCUT2D eigenvalue weighted by Crippen LogP contribution is 2.27. The van der Waals surface area contributed by atoms with Gasteiger partial charge in [0.05, 0.1) is 5.92 Å². The van der Waals surface area contributed by atoms with Crippen LogP contribution in [0.25, 0.3) is 0 Å². The maximum absolute atomic E-state index is 10.8. The van der Waals surface area contributed by atoms with Crippen molar-refractivity contribution in [2.45, 2.75) is 45.6 Å². The maximum atomic E-state index is 10.8. The van der Waals surface area contributed by atoms with Gasteiger partial charge in [-0.3, -0.25) is 4.79 Å². The van der Waals surface area contributed by atoms with Crippen molar-refractivity contribution in [3.8, 4) is 0 Å². The molecule has 0 spiro atoms. The van der Waals surface area contributed by atoms with Crippen LogP contribution in [0.2, 0.25) is 0 Å². The van der Waals surface area contributed by atoms with Crippen molar-refractivity contribution in [2.75, 3.05) is 13.6 Å². The molecular formula is C12H23NO2. The van der Waals surface area contributed by atoms with Gasteiger partial charge < -0.3 is 10.0 Å². The van der Waals surface area contributed by atoms with Crippen LogP contribution in [0.1, 0.15) is 39.5 Å². The van der Waals surface area contributed by atoms with Crippen LogP contribution < -0.4 is 0 Å². The van der Waals surface area contributed by atoms with E-state index in [0.717, 1.165) is 32.2 Å². The average Bonchev–Trinajstić information content (AvgIpc) is 2.17. The second-order valence-electron chi connectivity index (χ2n) is 5.18. The van der Waals surface area contributed by atoms with Gasteiger partial charge in [0, 0.05) is 12.6 Å². The Bertz CT molecular complexity index is 208. The Kier molecular flexibility index (Phi) is 4.58. The molecule has 0 saturated heterocycles. The molecule has 0 aromatic rings. The quantitative estimate of drug-likeness (QED) is 0.778. The van der Waals surface area contributed by atoms with Gasteiger partial charge in [-0.05, 0) is 38.6 Å². The van der Waals surface area contributed by atoms with Gasteiger partial charge in [0.1, 0.15) is 0 Å². The fraction of sp³-hybridized carbons (Fsp3) is 0.917. The van der Waals surface area contributed by atoms with Crippen LogP contribution in [0, 0.1) is 11.8 Å². The zero-order valence-electron chi connectivity index (χ0n) is 10.1. The molecule has 0 aliphatic heterocycles. The molecule has 1 aliphatic rings. The molecular weight excluding hydrogens is 190 g/mol. The molecule has 1 rings (SSSR count). The number of carboxylic acids is 1. The van der Waals surface area contributed by atoms with E-state index in [1.165, 1.54) is 0 Å². The number of hydrogen-bond donors (Lipinski definition) is 1. The zero-order chi connectivity index (χ0) is 11.4. The third-order valence-electron chi connectivity index (χ3n) is 3.32. The van der Waals surface area contributed by atoms with Gasteiger partial charge >= 0.3 is 5.97 Å². The summed E-state index contributed by atoms with van der Waals surface area (Å²) >= 11 is 0. The minimum absolute atomic E-state index is 0.0892. The topological polar surface area (TPSA) is 40.5 Å². The molecule has 0 aromatic heterocycles. The first-order valence-electron chi connectivity index (χ1n) is 5.93. The molecule has 1 N–H and O–H groups in total. The van der Waals surface area contributed by atoms with E-state index in [-0.39, 0.29) is 5.92 Å². The van der Waals surface area contributed by atoms with Crippen LogP contribution in [0.3, 0.4) is 0 Å². The summed E-state index contributed by atoms with van der Waals surface area (Å²) in [7, 11) is 2.16. The molecule has 0 radical (unpaired) electrons. The van der Waals surface area contributed by atoms with E-state index in [2.05, 4.69) is 25.8 Å². The smallest absolute Gasteiger partial charge is 0.306 e. The summed E-state index contributed by atoms with van der Waals surface area (Å²) in [6.07, 6.45) is 3.78. The molecule has 88 valence electrons. The normalized spacial score (nSPS) is 27.3. The monoisotopic (exact) mass is 213 g/mol. The predicted octanol–water partition coefficient (Wildman–Crippen LogP) is 2.22. The largest absolute Gasteiger partial charge is 0.481 e.